The van der Waals surface area contributed by atoms with Crippen molar-refractivity contribution in [2.75, 3.05) is 7.11 Å². The Morgan fingerprint density at radius 2 is 1.48 bits per heavy atom. The zero-order valence-corrected chi connectivity index (χ0v) is 26.3. The highest BCUT2D eigenvalue weighted by Crippen LogP contribution is 2.35. The molecule has 13 heteroatoms. The lowest BCUT2D eigenvalue weighted by atomic mass is 10.1. The zero-order valence-electron chi connectivity index (χ0n) is 22.5. The molecule has 0 aliphatic carbocycles. The number of hydrazone groups is 1. The van der Waals surface area contributed by atoms with Crippen LogP contribution in [0.2, 0.25) is 0 Å². The number of benzene rings is 3. The number of halogens is 1. The normalized spacial score (nSPS) is 12.9. The molecule has 10 nitrogen and oxygen atoms in total. The van der Waals surface area contributed by atoms with Crippen LogP contribution in [0.4, 0.5) is 0 Å². The molecule has 0 spiro atoms. The minimum Gasteiger partial charge on any atom is -0.493 e. The Hall–Kier alpha value is -3.01. The van der Waals surface area contributed by atoms with E-state index in [0.717, 1.165) is 11.1 Å². The van der Waals surface area contributed by atoms with Crippen molar-refractivity contribution in [3.8, 4) is 11.5 Å². The van der Waals surface area contributed by atoms with Crippen LogP contribution in [0.15, 0.2) is 75.6 Å². The maximum atomic E-state index is 12.8. The van der Waals surface area contributed by atoms with E-state index in [4.69, 9.17) is 8.92 Å². The van der Waals surface area contributed by atoms with E-state index < -0.39 is 32.1 Å². The van der Waals surface area contributed by atoms with Gasteiger partial charge in [0.1, 0.15) is 10.9 Å². The summed E-state index contributed by atoms with van der Waals surface area (Å²) in [6, 6.07) is 14.6. The summed E-state index contributed by atoms with van der Waals surface area (Å²) < 4.78 is 64.8. The molecule has 0 saturated heterocycles. The van der Waals surface area contributed by atoms with E-state index in [2.05, 4.69) is 15.2 Å². The number of nitrogens with one attached hydrogen (secondary N) is 2. The quantitative estimate of drug-likeness (QED) is 0.133. The number of sulfonamides is 1. The van der Waals surface area contributed by atoms with Gasteiger partial charge in [-0.15, -0.1) is 0 Å². The van der Waals surface area contributed by atoms with Crippen molar-refractivity contribution in [2.45, 2.75) is 43.5 Å². The zero-order chi connectivity index (χ0) is 29.7. The summed E-state index contributed by atoms with van der Waals surface area (Å²) in [5.41, 5.74) is 4.65. The Balaban J connectivity index is 1.75. The topological polar surface area (TPSA) is 140 Å². The molecule has 1 amide bonds. The van der Waals surface area contributed by atoms with Crippen LogP contribution in [0.5, 0.6) is 11.5 Å². The van der Waals surface area contributed by atoms with Crippen molar-refractivity contribution in [3.05, 3.63) is 80.9 Å². The van der Waals surface area contributed by atoms with Crippen LogP contribution in [-0.2, 0) is 24.9 Å². The Kier molecular flexibility index (Phi) is 10.3. The van der Waals surface area contributed by atoms with Crippen LogP contribution >= 0.6 is 22.6 Å². The minimum atomic E-state index is -4.11. The van der Waals surface area contributed by atoms with E-state index in [1.165, 1.54) is 43.7 Å². The molecule has 2 N–H and O–H groups in total. The highest BCUT2D eigenvalue weighted by Gasteiger charge is 2.28. The van der Waals surface area contributed by atoms with Gasteiger partial charge in [0.05, 0.1) is 21.8 Å². The molecule has 0 fully saturated rings. The van der Waals surface area contributed by atoms with Crippen LogP contribution in [-0.4, -0.2) is 42.1 Å². The van der Waals surface area contributed by atoms with E-state index >= 15 is 0 Å². The summed E-state index contributed by atoms with van der Waals surface area (Å²) in [5.74, 6) is -0.868. The monoisotopic (exact) mass is 699 g/mol. The fraction of sp³-hybridized carbons (Fsp3) is 0.259. The van der Waals surface area contributed by atoms with E-state index in [0.29, 0.717) is 9.13 Å². The molecule has 0 radical (unpaired) electrons. The maximum Gasteiger partial charge on any atom is 0.339 e. The molecular formula is C27H30IN3O7S2. The Labute approximate surface area is 248 Å². The second kappa shape index (κ2) is 13.1. The molecule has 40 heavy (non-hydrogen) atoms. The number of methoxy groups -OCH3 is 1. The van der Waals surface area contributed by atoms with Crippen LogP contribution in [0.3, 0.4) is 0 Å². The number of rotatable bonds is 11. The first kappa shape index (κ1) is 31.5. The number of amides is 1. The molecule has 0 saturated carbocycles. The molecule has 0 aliphatic heterocycles. The molecule has 3 aromatic carbocycles. The molecule has 0 unspecified atom stereocenters. The first-order chi connectivity index (χ1) is 18.7. The predicted octanol–water partition coefficient (Wildman–Crippen LogP) is 4.14. The molecule has 0 aliphatic rings. The van der Waals surface area contributed by atoms with Crippen LogP contribution < -0.4 is 19.1 Å². The fourth-order valence-electron chi connectivity index (χ4n) is 3.44. The average molecular weight is 700 g/mol. The van der Waals surface area contributed by atoms with Gasteiger partial charge in [0.2, 0.25) is 10.0 Å². The molecule has 3 rings (SSSR count). The second-order valence-corrected chi connectivity index (χ2v) is 13.7. The van der Waals surface area contributed by atoms with Crippen molar-refractivity contribution < 1.29 is 30.6 Å². The van der Waals surface area contributed by atoms with Gasteiger partial charge in [-0.1, -0.05) is 49.2 Å². The second-order valence-electron chi connectivity index (χ2n) is 9.27. The van der Waals surface area contributed by atoms with Gasteiger partial charge in [0.15, 0.2) is 11.5 Å². The Morgan fingerprint density at radius 3 is 2.00 bits per heavy atom. The van der Waals surface area contributed by atoms with Crippen molar-refractivity contribution in [1.82, 2.24) is 10.1 Å². The third kappa shape index (κ3) is 8.02. The van der Waals surface area contributed by atoms with Gasteiger partial charge in [-0.2, -0.15) is 18.2 Å². The van der Waals surface area contributed by atoms with Gasteiger partial charge in [0.25, 0.3) is 5.91 Å². The van der Waals surface area contributed by atoms with Gasteiger partial charge in [-0.05, 0) is 84.3 Å². The smallest absolute Gasteiger partial charge is 0.339 e. The fourth-order valence-corrected chi connectivity index (χ4v) is 6.63. The lowest BCUT2D eigenvalue weighted by Crippen LogP contribution is -2.48. The van der Waals surface area contributed by atoms with Gasteiger partial charge in [-0.25, -0.2) is 13.8 Å². The number of hydrogen-bond donors (Lipinski definition) is 2. The molecule has 214 valence electrons. The standard InChI is InChI=1S/C27H30IN3O7S2/c1-17(2)25(31-39(33,34)21-10-6-18(3)7-11-21)27(32)30-29-16-20-14-23(28)26(24(15-20)37-5)38-40(35,36)22-12-8-19(4)9-13-22/h6-17,25,31H,1-5H3,(H,30,32)/b29-16-/t25-/m1/s1. The number of nitrogens with zero attached hydrogens (tertiary/aromatic N) is 1. The number of aryl methyl sites for hydroxylation is 2. The number of hydrogen-bond acceptors (Lipinski definition) is 8. The van der Waals surface area contributed by atoms with Crippen molar-refractivity contribution in [2.24, 2.45) is 11.0 Å². The largest absolute Gasteiger partial charge is 0.493 e. The van der Waals surface area contributed by atoms with E-state index in [1.54, 1.807) is 44.2 Å². The van der Waals surface area contributed by atoms with Crippen molar-refractivity contribution >= 4 is 54.9 Å². The first-order valence-corrected chi connectivity index (χ1v) is 16.0. The molecule has 3 aromatic rings. The highest BCUT2D eigenvalue weighted by molar-refractivity contribution is 14.1. The average Bonchev–Trinajstić information content (AvgIpc) is 2.89. The van der Waals surface area contributed by atoms with Crippen LogP contribution in [0, 0.1) is 23.3 Å². The summed E-state index contributed by atoms with van der Waals surface area (Å²) in [4.78, 5) is 12.9. The van der Waals surface area contributed by atoms with Gasteiger partial charge in [0, 0.05) is 0 Å². The van der Waals surface area contributed by atoms with E-state index in [1.807, 2.05) is 36.4 Å². The molecular weight excluding hydrogens is 669 g/mol. The lowest BCUT2D eigenvalue weighted by Gasteiger charge is -2.20. The van der Waals surface area contributed by atoms with Crippen LogP contribution in [0.1, 0.15) is 30.5 Å². The Morgan fingerprint density at radius 1 is 0.925 bits per heavy atom. The predicted molar refractivity (Wildman–Crippen MR) is 161 cm³/mol. The summed E-state index contributed by atoms with van der Waals surface area (Å²) in [6.07, 6.45) is 1.33. The van der Waals surface area contributed by atoms with Gasteiger partial charge >= 0.3 is 10.1 Å². The SMILES string of the molecule is COc1cc(/C=N\NC(=O)[C@H](NS(=O)(=O)c2ccc(C)cc2)C(C)C)cc(I)c1OS(=O)(=O)c1ccc(C)cc1. The maximum absolute atomic E-state index is 12.8. The van der Waals surface area contributed by atoms with Crippen LogP contribution in [0.25, 0.3) is 0 Å². The van der Waals surface area contributed by atoms with Gasteiger partial charge < -0.3 is 8.92 Å². The number of carbonyl (C=O) groups is 1. The third-order valence-electron chi connectivity index (χ3n) is 5.71. The summed E-state index contributed by atoms with van der Waals surface area (Å²) >= 11 is 1.91. The highest BCUT2D eigenvalue weighted by atomic mass is 127. The summed E-state index contributed by atoms with van der Waals surface area (Å²) in [7, 11) is -6.69. The first-order valence-electron chi connectivity index (χ1n) is 12.0. The van der Waals surface area contributed by atoms with Crippen molar-refractivity contribution in [3.63, 3.8) is 0 Å². The molecule has 0 bridgehead atoms. The summed E-state index contributed by atoms with van der Waals surface area (Å²) in [6.45, 7) is 7.11. The van der Waals surface area contributed by atoms with Crippen molar-refractivity contribution in [1.29, 1.82) is 0 Å². The lowest BCUT2D eigenvalue weighted by molar-refractivity contribution is -0.123. The minimum absolute atomic E-state index is 0.00186. The molecule has 1 atom stereocenters. The van der Waals surface area contributed by atoms with Gasteiger partial charge in [-0.3, -0.25) is 4.79 Å². The van der Waals surface area contributed by atoms with E-state index in [9.17, 15) is 21.6 Å². The number of carbonyl (C=O) groups excluding carboxylic acids is 1. The number of ether oxygens (including phenoxy) is 1. The third-order valence-corrected chi connectivity index (χ3v) is 9.20. The molecule has 0 heterocycles. The molecule has 0 aromatic heterocycles. The Bertz CT molecular complexity index is 1610. The summed E-state index contributed by atoms with van der Waals surface area (Å²) in [5, 5.41) is 3.96. The van der Waals surface area contributed by atoms with E-state index in [-0.39, 0.29) is 27.2 Å².